The zero-order chi connectivity index (χ0) is 65.8. The van der Waals surface area contributed by atoms with Crippen LogP contribution in [0, 0.1) is 0 Å². The summed E-state index contributed by atoms with van der Waals surface area (Å²) in [5.74, 6) is -0.817. The minimum Gasteiger partial charge on any atom is -0.462 e. The summed E-state index contributed by atoms with van der Waals surface area (Å²) < 4.78 is 33.2. The second-order valence-corrected chi connectivity index (χ2v) is 26.6. The van der Waals surface area contributed by atoms with Gasteiger partial charge in [-0.05, 0) is 109 Å². The van der Waals surface area contributed by atoms with Gasteiger partial charge in [0.15, 0.2) is 6.10 Å². The number of rotatable bonds is 71. The molecule has 0 aliphatic heterocycles. The Morgan fingerprint density at radius 1 is 0.341 bits per heavy atom. The highest BCUT2D eigenvalue weighted by atomic mass is 31.2. The Hall–Kier alpha value is -3.59. The fourth-order valence-electron chi connectivity index (χ4n) is 10.7. The van der Waals surface area contributed by atoms with Gasteiger partial charge < -0.3 is 20.1 Å². The maximum absolute atomic E-state index is 12.8. The fourth-order valence-corrected chi connectivity index (χ4v) is 11.5. The molecular weight excluding hydrogens is 1150 g/mol. The van der Waals surface area contributed by atoms with Crippen LogP contribution >= 0.6 is 7.82 Å². The van der Waals surface area contributed by atoms with Crippen LogP contribution in [0.2, 0.25) is 0 Å². The van der Waals surface area contributed by atoms with Crippen molar-refractivity contribution in [2.45, 2.75) is 354 Å². The van der Waals surface area contributed by atoms with E-state index < -0.39 is 26.5 Å². The van der Waals surface area contributed by atoms with E-state index in [9.17, 15) is 19.0 Å². The van der Waals surface area contributed by atoms with Crippen LogP contribution in [0.1, 0.15) is 348 Å². The number of carbonyl (C=O) groups is 2. The van der Waals surface area contributed by atoms with Crippen molar-refractivity contribution in [2.75, 3.05) is 26.4 Å². The van der Waals surface area contributed by atoms with E-state index in [0.717, 1.165) is 96.3 Å². The van der Waals surface area contributed by atoms with Crippen LogP contribution in [0.15, 0.2) is 122 Å². The van der Waals surface area contributed by atoms with Crippen molar-refractivity contribution in [1.29, 1.82) is 0 Å². The quantitative estimate of drug-likeness (QED) is 0.0264. The van der Waals surface area contributed by atoms with E-state index >= 15 is 0 Å². The lowest BCUT2D eigenvalue weighted by atomic mass is 10.0. The van der Waals surface area contributed by atoms with Gasteiger partial charge in [-0.25, -0.2) is 4.57 Å². The van der Waals surface area contributed by atoms with Crippen molar-refractivity contribution in [2.24, 2.45) is 5.73 Å². The summed E-state index contributed by atoms with van der Waals surface area (Å²) in [4.78, 5) is 35.4. The van der Waals surface area contributed by atoms with Crippen molar-refractivity contribution in [3.8, 4) is 0 Å². The van der Waals surface area contributed by atoms with Gasteiger partial charge in [0.2, 0.25) is 0 Å². The number of carbonyl (C=O) groups excluding carboxylic acids is 2. The highest BCUT2D eigenvalue weighted by Gasteiger charge is 2.26. The van der Waals surface area contributed by atoms with Gasteiger partial charge in [-0.3, -0.25) is 18.6 Å². The van der Waals surface area contributed by atoms with E-state index in [-0.39, 0.29) is 38.6 Å². The highest BCUT2D eigenvalue weighted by Crippen LogP contribution is 2.43. The highest BCUT2D eigenvalue weighted by molar-refractivity contribution is 7.47. The van der Waals surface area contributed by atoms with Gasteiger partial charge in [0.25, 0.3) is 0 Å². The van der Waals surface area contributed by atoms with Crippen LogP contribution in [0.4, 0.5) is 0 Å². The molecule has 0 saturated heterocycles. The normalized spacial score (nSPS) is 13.6. The molecule has 0 aromatic rings. The molecule has 0 rings (SSSR count). The Kier molecular flexibility index (Phi) is 72.5. The molecule has 2 atom stereocenters. The predicted molar refractivity (Wildman–Crippen MR) is 394 cm³/mol. The van der Waals surface area contributed by atoms with Gasteiger partial charge in [0.1, 0.15) is 6.61 Å². The molecule has 0 saturated carbocycles. The number of hydrogen-bond donors (Lipinski definition) is 2. The number of phosphoric acid groups is 1. The summed E-state index contributed by atoms with van der Waals surface area (Å²) in [5.41, 5.74) is 5.41. The van der Waals surface area contributed by atoms with E-state index in [1.807, 2.05) is 0 Å². The second kappa shape index (κ2) is 75.4. The summed E-state index contributed by atoms with van der Waals surface area (Å²) in [6.07, 6.45) is 106. The van der Waals surface area contributed by atoms with Crippen LogP contribution in [-0.4, -0.2) is 49.3 Å². The molecule has 91 heavy (non-hydrogen) atoms. The van der Waals surface area contributed by atoms with Crippen molar-refractivity contribution in [1.82, 2.24) is 0 Å². The topological polar surface area (TPSA) is 134 Å². The minimum atomic E-state index is -4.40. The van der Waals surface area contributed by atoms with E-state index in [2.05, 4.69) is 135 Å². The Balaban J connectivity index is 3.84. The van der Waals surface area contributed by atoms with Crippen LogP contribution in [-0.2, 0) is 32.7 Å². The lowest BCUT2D eigenvalue weighted by Crippen LogP contribution is -2.29. The summed E-state index contributed by atoms with van der Waals surface area (Å²) in [5, 5.41) is 0. The Morgan fingerprint density at radius 2 is 0.604 bits per heavy atom. The van der Waals surface area contributed by atoms with Gasteiger partial charge in [0.05, 0.1) is 13.2 Å². The van der Waals surface area contributed by atoms with Gasteiger partial charge in [-0.15, -0.1) is 0 Å². The monoisotopic (exact) mass is 1290 g/mol. The molecule has 524 valence electrons. The summed E-state index contributed by atoms with van der Waals surface area (Å²) in [6.45, 7) is 3.66. The number of esters is 2. The maximum atomic E-state index is 12.8. The Morgan fingerprint density at radius 3 is 0.901 bits per heavy atom. The first-order valence-corrected chi connectivity index (χ1v) is 39.5. The third kappa shape index (κ3) is 75.3. The van der Waals surface area contributed by atoms with E-state index in [1.54, 1.807) is 0 Å². The molecule has 0 heterocycles. The van der Waals surface area contributed by atoms with Crippen molar-refractivity contribution in [3.63, 3.8) is 0 Å². The zero-order valence-corrected chi connectivity index (χ0v) is 59.9. The van der Waals surface area contributed by atoms with Crippen LogP contribution < -0.4 is 5.73 Å². The first kappa shape index (κ1) is 87.4. The molecule has 0 bridgehead atoms. The number of phosphoric ester groups is 1. The van der Waals surface area contributed by atoms with Crippen LogP contribution in [0.5, 0.6) is 0 Å². The molecule has 2 unspecified atom stereocenters. The molecule has 10 heteroatoms. The summed E-state index contributed by atoms with van der Waals surface area (Å²) in [6, 6.07) is 0. The molecule has 0 amide bonds. The van der Waals surface area contributed by atoms with E-state index in [4.69, 9.17) is 24.3 Å². The Bertz CT molecular complexity index is 1910. The zero-order valence-electron chi connectivity index (χ0n) is 59.1. The Labute approximate surface area is 561 Å². The maximum Gasteiger partial charge on any atom is 0.472 e. The third-order valence-electron chi connectivity index (χ3n) is 16.3. The SMILES string of the molecule is CC/C=C\C/C=C\C/C=C\C/C=C\C/C=C\C/C=C\C/C=C\C/C=C\CCCCCCCCCCCCCCCCCCC(=O)OC(COC(=O)CCCCCCCCCCCCCCCCCCC/C=C\C/C=C\CCCCCCC)COP(=O)(O)OCCN. The molecule has 0 aromatic carbocycles. The first-order valence-electron chi connectivity index (χ1n) is 38.0. The average Bonchev–Trinajstić information content (AvgIpc) is 3.74. The lowest BCUT2D eigenvalue weighted by Gasteiger charge is -2.19. The average molecular weight is 1290 g/mol. The molecule has 0 aliphatic rings. The molecule has 0 aromatic heterocycles. The summed E-state index contributed by atoms with van der Waals surface area (Å²) in [7, 11) is -4.40. The van der Waals surface area contributed by atoms with E-state index in [1.165, 1.54) is 218 Å². The number of nitrogens with two attached hydrogens (primary N) is 1. The number of hydrogen-bond acceptors (Lipinski definition) is 8. The predicted octanol–water partition coefficient (Wildman–Crippen LogP) is 25.4. The van der Waals surface area contributed by atoms with Gasteiger partial charge in [-0.2, -0.15) is 0 Å². The van der Waals surface area contributed by atoms with Crippen LogP contribution in [0.3, 0.4) is 0 Å². The number of ether oxygens (including phenoxy) is 2. The second-order valence-electron chi connectivity index (χ2n) is 25.1. The fraction of sp³-hybridized carbons (Fsp3) is 0.728. The van der Waals surface area contributed by atoms with Crippen molar-refractivity contribution in [3.05, 3.63) is 122 Å². The first-order chi connectivity index (χ1) is 44.8. The molecule has 3 N–H and O–H groups in total. The van der Waals surface area contributed by atoms with Gasteiger partial charge in [-0.1, -0.05) is 347 Å². The molecule has 0 spiro atoms. The van der Waals surface area contributed by atoms with Crippen LogP contribution in [0.25, 0.3) is 0 Å². The molecule has 0 fully saturated rings. The molecule has 0 aliphatic carbocycles. The smallest absolute Gasteiger partial charge is 0.462 e. The van der Waals surface area contributed by atoms with Crippen molar-refractivity contribution < 1.29 is 37.6 Å². The molecule has 0 radical (unpaired) electrons. The third-order valence-corrected chi connectivity index (χ3v) is 17.3. The molecule has 9 nitrogen and oxygen atoms in total. The van der Waals surface area contributed by atoms with E-state index in [0.29, 0.717) is 6.42 Å². The van der Waals surface area contributed by atoms with Gasteiger partial charge >= 0.3 is 19.8 Å². The standard InChI is InChI=1S/C81H142NO8P/c1-3-5-7-9-11-13-15-17-19-21-23-25-27-29-31-33-34-35-36-37-38-39-40-41-42-43-44-46-48-50-52-54-56-58-60-62-64-66-68-70-72-74-81(84)90-79(78-89-91(85,86)88-76-75-82)77-87-80(83)73-71-69-67-65-63-61-59-57-55-53-51-49-47-45-32-30-28-26-24-22-20-18-16-14-12-10-8-6-4-2/h5,7,11,13,16-19,22-25,29,31,34-35,37-38,40-41,79H,3-4,6,8-10,12,14-15,20-21,26-28,30,32-33,36,39,42-78,82H2,1-2H3,(H,85,86)/b7-5-,13-11-,18-16-,19-17-,24-22-,25-23-,31-29-,35-34-,38-37-,41-40-. The summed E-state index contributed by atoms with van der Waals surface area (Å²) >= 11 is 0. The lowest BCUT2D eigenvalue weighted by molar-refractivity contribution is -0.161. The van der Waals surface area contributed by atoms with Crippen molar-refractivity contribution >= 4 is 19.8 Å². The molecular formula is C81H142NO8P. The largest absolute Gasteiger partial charge is 0.472 e. The number of unbranched alkanes of at least 4 members (excludes halogenated alkanes) is 38. The minimum absolute atomic E-state index is 0.0512. The number of allylic oxidation sites excluding steroid dienone is 20. The van der Waals surface area contributed by atoms with Gasteiger partial charge in [0, 0.05) is 19.4 Å².